The Bertz CT molecular complexity index is 331. The zero-order valence-electron chi connectivity index (χ0n) is 8.79. The topological polar surface area (TPSA) is 35.2 Å². The van der Waals surface area contributed by atoms with Crippen LogP contribution < -0.4 is 10.5 Å². The minimum absolute atomic E-state index is 0.199. The van der Waals surface area contributed by atoms with Crippen LogP contribution in [0.3, 0.4) is 0 Å². The lowest BCUT2D eigenvalue weighted by Crippen LogP contribution is -2.13. The number of hydrogen-bond donors (Lipinski definition) is 1. The third-order valence-electron chi connectivity index (χ3n) is 2.98. The smallest absolute Gasteiger partial charge is 0.119 e. The van der Waals surface area contributed by atoms with Crippen molar-refractivity contribution in [3.05, 3.63) is 29.3 Å². The molecule has 1 atom stereocenters. The summed E-state index contributed by atoms with van der Waals surface area (Å²) in [6, 6.07) is 6.33. The van der Waals surface area contributed by atoms with Crippen LogP contribution in [0.15, 0.2) is 18.2 Å². The number of methoxy groups -OCH3 is 1. The molecule has 0 heterocycles. The maximum absolute atomic E-state index is 6.17. The second kappa shape index (κ2) is 3.62. The van der Waals surface area contributed by atoms with Crippen LogP contribution >= 0.6 is 0 Å². The van der Waals surface area contributed by atoms with Gasteiger partial charge in [0.1, 0.15) is 5.75 Å². The third-order valence-corrected chi connectivity index (χ3v) is 2.98. The number of hydrogen-bond acceptors (Lipinski definition) is 2. The van der Waals surface area contributed by atoms with Gasteiger partial charge in [-0.15, -0.1) is 0 Å². The van der Waals surface area contributed by atoms with Crippen molar-refractivity contribution in [3.63, 3.8) is 0 Å². The third kappa shape index (κ3) is 1.75. The Morgan fingerprint density at radius 2 is 2.14 bits per heavy atom. The first-order chi connectivity index (χ1) is 6.72. The highest BCUT2D eigenvalue weighted by Crippen LogP contribution is 2.40. The van der Waals surface area contributed by atoms with E-state index in [1.807, 2.05) is 6.07 Å². The number of nitrogens with two attached hydrogens (primary N) is 1. The second-order valence-corrected chi connectivity index (χ2v) is 4.09. The quantitative estimate of drug-likeness (QED) is 0.796. The lowest BCUT2D eigenvalue weighted by molar-refractivity contribution is 0.413. The summed E-state index contributed by atoms with van der Waals surface area (Å²) >= 11 is 0. The van der Waals surface area contributed by atoms with Gasteiger partial charge in [-0.25, -0.2) is 0 Å². The van der Waals surface area contributed by atoms with Gasteiger partial charge in [-0.05, 0) is 48.9 Å². The predicted octanol–water partition coefficient (Wildman–Crippen LogP) is 2.41. The van der Waals surface area contributed by atoms with Crippen LogP contribution in [-0.4, -0.2) is 7.11 Å². The van der Waals surface area contributed by atoms with Crippen molar-refractivity contribution in [3.8, 4) is 5.75 Å². The summed E-state index contributed by atoms with van der Waals surface area (Å²) in [5.41, 5.74) is 8.68. The molecule has 1 aromatic rings. The van der Waals surface area contributed by atoms with E-state index in [4.69, 9.17) is 10.5 Å². The highest BCUT2D eigenvalue weighted by molar-refractivity contribution is 5.37. The predicted molar refractivity (Wildman–Crippen MR) is 57.4 cm³/mol. The van der Waals surface area contributed by atoms with Gasteiger partial charge >= 0.3 is 0 Å². The van der Waals surface area contributed by atoms with Crippen LogP contribution in [0.2, 0.25) is 0 Å². The Balaban J connectivity index is 2.29. The number of aryl methyl sites for hydroxylation is 1. The average molecular weight is 191 g/mol. The summed E-state index contributed by atoms with van der Waals surface area (Å²) in [6.07, 6.45) is 2.55. The summed E-state index contributed by atoms with van der Waals surface area (Å²) in [5, 5.41) is 0. The number of benzene rings is 1. The van der Waals surface area contributed by atoms with Crippen LogP contribution in [-0.2, 0) is 0 Å². The van der Waals surface area contributed by atoms with Gasteiger partial charge in [0.2, 0.25) is 0 Å². The van der Waals surface area contributed by atoms with E-state index in [0.29, 0.717) is 5.92 Å². The van der Waals surface area contributed by atoms with Gasteiger partial charge in [-0.1, -0.05) is 6.07 Å². The van der Waals surface area contributed by atoms with Crippen molar-refractivity contribution in [2.24, 2.45) is 11.7 Å². The van der Waals surface area contributed by atoms with E-state index in [2.05, 4.69) is 19.1 Å². The van der Waals surface area contributed by atoms with E-state index in [1.54, 1.807) is 7.11 Å². The first kappa shape index (κ1) is 9.53. The second-order valence-electron chi connectivity index (χ2n) is 4.09. The molecule has 2 heteroatoms. The SMILES string of the molecule is COc1ccc(C)c([C@H](N)C2CC2)c1. The maximum atomic E-state index is 6.17. The molecule has 1 fully saturated rings. The zero-order valence-corrected chi connectivity index (χ0v) is 8.79. The van der Waals surface area contributed by atoms with Crippen molar-refractivity contribution in [1.29, 1.82) is 0 Å². The van der Waals surface area contributed by atoms with Gasteiger partial charge in [0, 0.05) is 6.04 Å². The van der Waals surface area contributed by atoms with Crippen molar-refractivity contribution < 1.29 is 4.74 Å². The van der Waals surface area contributed by atoms with Gasteiger partial charge in [0.05, 0.1) is 7.11 Å². The first-order valence-corrected chi connectivity index (χ1v) is 5.12. The molecule has 0 aromatic heterocycles. The minimum Gasteiger partial charge on any atom is -0.497 e. The lowest BCUT2D eigenvalue weighted by Gasteiger charge is -2.14. The molecule has 0 bridgehead atoms. The van der Waals surface area contributed by atoms with E-state index in [1.165, 1.54) is 24.0 Å². The summed E-state index contributed by atoms with van der Waals surface area (Å²) in [6.45, 7) is 2.11. The van der Waals surface area contributed by atoms with Crippen LogP contribution in [0.25, 0.3) is 0 Å². The molecule has 0 radical (unpaired) electrons. The van der Waals surface area contributed by atoms with E-state index in [-0.39, 0.29) is 6.04 Å². The van der Waals surface area contributed by atoms with Gasteiger partial charge in [-0.2, -0.15) is 0 Å². The van der Waals surface area contributed by atoms with Gasteiger partial charge in [0.25, 0.3) is 0 Å². The maximum Gasteiger partial charge on any atom is 0.119 e. The number of rotatable bonds is 3. The first-order valence-electron chi connectivity index (χ1n) is 5.12. The normalized spacial score (nSPS) is 17.9. The fraction of sp³-hybridized carbons (Fsp3) is 0.500. The Kier molecular flexibility index (Phi) is 2.46. The molecule has 14 heavy (non-hydrogen) atoms. The zero-order chi connectivity index (χ0) is 10.1. The molecule has 1 saturated carbocycles. The molecule has 2 rings (SSSR count). The molecule has 0 amide bonds. The average Bonchev–Trinajstić information content (AvgIpc) is 3.01. The van der Waals surface area contributed by atoms with Gasteiger partial charge in [-0.3, -0.25) is 0 Å². The fourth-order valence-electron chi connectivity index (χ4n) is 1.81. The fourth-order valence-corrected chi connectivity index (χ4v) is 1.81. The van der Waals surface area contributed by atoms with E-state index >= 15 is 0 Å². The van der Waals surface area contributed by atoms with E-state index in [9.17, 15) is 0 Å². The summed E-state index contributed by atoms with van der Waals surface area (Å²) in [7, 11) is 1.69. The van der Waals surface area contributed by atoms with Crippen LogP contribution in [0, 0.1) is 12.8 Å². The highest BCUT2D eigenvalue weighted by atomic mass is 16.5. The van der Waals surface area contributed by atoms with E-state index < -0.39 is 0 Å². The Labute approximate surface area is 85.1 Å². The largest absolute Gasteiger partial charge is 0.497 e. The monoisotopic (exact) mass is 191 g/mol. The molecular formula is C12H17NO. The minimum atomic E-state index is 0.199. The molecule has 0 saturated heterocycles. The molecule has 2 N–H and O–H groups in total. The van der Waals surface area contributed by atoms with Crippen molar-refractivity contribution in [2.45, 2.75) is 25.8 Å². The van der Waals surface area contributed by atoms with E-state index in [0.717, 1.165) is 5.75 Å². The van der Waals surface area contributed by atoms with Crippen molar-refractivity contribution >= 4 is 0 Å². The molecule has 76 valence electrons. The Morgan fingerprint density at radius 3 is 2.71 bits per heavy atom. The summed E-state index contributed by atoms with van der Waals surface area (Å²) < 4.78 is 5.20. The molecule has 2 nitrogen and oxygen atoms in total. The Morgan fingerprint density at radius 1 is 1.43 bits per heavy atom. The summed E-state index contributed by atoms with van der Waals surface area (Å²) in [5.74, 6) is 1.60. The summed E-state index contributed by atoms with van der Waals surface area (Å²) in [4.78, 5) is 0. The standard InChI is InChI=1S/C12H17NO/c1-8-3-6-10(14-2)7-11(8)12(13)9-4-5-9/h3,6-7,9,12H,4-5,13H2,1-2H3/t12-/m1/s1. The van der Waals surface area contributed by atoms with Crippen LogP contribution in [0.5, 0.6) is 5.75 Å². The molecular weight excluding hydrogens is 174 g/mol. The van der Waals surface area contributed by atoms with Gasteiger partial charge < -0.3 is 10.5 Å². The molecule has 1 aliphatic carbocycles. The molecule has 1 aromatic carbocycles. The molecule has 1 aliphatic rings. The highest BCUT2D eigenvalue weighted by Gasteiger charge is 2.30. The van der Waals surface area contributed by atoms with Gasteiger partial charge in [0.15, 0.2) is 0 Å². The van der Waals surface area contributed by atoms with Crippen molar-refractivity contribution in [1.82, 2.24) is 0 Å². The van der Waals surface area contributed by atoms with Crippen LogP contribution in [0.4, 0.5) is 0 Å². The lowest BCUT2D eigenvalue weighted by atomic mass is 9.98. The molecule has 0 spiro atoms. The number of ether oxygens (including phenoxy) is 1. The molecule has 0 unspecified atom stereocenters. The molecule has 0 aliphatic heterocycles. The Hall–Kier alpha value is -1.02. The van der Waals surface area contributed by atoms with Crippen LogP contribution in [0.1, 0.15) is 30.0 Å². The van der Waals surface area contributed by atoms with Crippen molar-refractivity contribution in [2.75, 3.05) is 7.11 Å².